The van der Waals surface area contributed by atoms with Crippen molar-refractivity contribution in [1.29, 1.82) is 0 Å². The lowest BCUT2D eigenvalue weighted by atomic mass is 9.80. The lowest BCUT2D eigenvalue weighted by Gasteiger charge is -2.28. The highest BCUT2D eigenvalue weighted by molar-refractivity contribution is 5.97. The first-order valence-electron chi connectivity index (χ1n) is 7.27. The van der Waals surface area contributed by atoms with Crippen LogP contribution >= 0.6 is 0 Å². The number of benzene rings is 1. The van der Waals surface area contributed by atoms with Gasteiger partial charge in [0.1, 0.15) is 11.5 Å². The van der Waals surface area contributed by atoms with Crippen molar-refractivity contribution >= 4 is 5.91 Å². The molecular formula is C16H23NO3. The fourth-order valence-electron chi connectivity index (χ4n) is 2.84. The average molecular weight is 277 g/mol. The zero-order valence-corrected chi connectivity index (χ0v) is 12.2. The van der Waals surface area contributed by atoms with E-state index in [4.69, 9.17) is 4.74 Å². The van der Waals surface area contributed by atoms with Crippen LogP contribution in [0.5, 0.6) is 11.5 Å². The number of phenolic OH excluding ortho intramolecular Hbond substituents is 1. The molecule has 2 rings (SSSR count). The van der Waals surface area contributed by atoms with Crippen LogP contribution in [0.1, 0.15) is 43.0 Å². The summed E-state index contributed by atoms with van der Waals surface area (Å²) in [5.74, 6) is 1.52. The van der Waals surface area contributed by atoms with Crippen LogP contribution in [-0.2, 0) is 0 Å². The lowest BCUT2D eigenvalue weighted by Crippen LogP contribution is -2.33. The molecule has 0 saturated heterocycles. The summed E-state index contributed by atoms with van der Waals surface area (Å²) in [6.07, 6.45) is 4.95. The first-order valence-corrected chi connectivity index (χ1v) is 7.27. The molecule has 1 aromatic carbocycles. The normalized spacial score (nSPS) is 22.3. The van der Waals surface area contributed by atoms with E-state index in [1.165, 1.54) is 38.9 Å². The van der Waals surface area contributed by atoms with E-state index in [0.717, 1.165) is 0 Å². The minimum atomic E-state index is -0.237. The maximum absolute atomic E-state index is 12.2. The highest BCUT2D eigenvalue weighted by atomic mass is 16.5. The van der Waals surface area contributed by atoms with E-state index in [1.54, 1.807) is 12.1 Å². The number of methoxy groups -OCH3 is 1. The molecule has 2 unspecified atom stereocenters. The van der Waals surface area contributed by atoms with Crippen LogP contribution in [0, 0.1) is 11.8 Å². The third-order valence-corrected chi connectivity index (χ3v) is 4.26. The Balaban J connectivity index is 1.97. The highest BCUT2D eigenvalue weighted by Gasteiger charge is 2.22. The Morgan fingerprint density at radius 3 is 2.85 bits per heavy atom. The van der Waals surface area contributed by atoms with Crippen LogP contribution < -0.4 is 10.1 Å². The number of hydrogen-bond donors (Lipinski definition) is 2. The van der Waals surface area contributed by atoms with Crippen LogP contribution in [0.25, 0.3) is 0 Å². The molecule has 0 spiro atoms. The number of phenols is 1. The first kappa shape index (κ1) is 14.7. The monoisotopic (exact) mass is 277 g/mol. The van der Waals surface area contributed by atoms with Crippen LogP contribution in [0.3, 0.4) is 0 Å². The van der Waals surface area contributed by atoms with Crippen LogP contribution in [0.2, 0.25) is 0 Å². The summed E-state index contributed by atoms with van der Waals surface area (Å²) in [4.78, 5) is 12.2. The van der Waals surface area contributed by atoms with Gasteiger partial charge in [0.2, 0.25) is 0 Å². The SMILES string of the molecule is COc1ccc(O)c(C(=O)NCC2CCCCC2C)c1. The summed E-state index contributed by atoms with van der Waals surface area (Å²) in [5, 5.41) is 12.7. The van der Waals surface area contributed by atoms with Gasteiger partial charge < -0.3 is 15.2 Å². The Morgan fingerprint density at radius 2 is 2.15 bits per heavy atom. The van der Waals surface area contributed by atoms with Gasteiger partial charge in [-0.15, -0.1) is 0 Å². The minimum Gasteiger partial charge on any atom is -0.507 e. The standard InChI is InChI=1S/C16H23NO3/c1-11-5-3-4-6-12(11)10-17-16(19)14-9-13(20-2)7-8-15(14)18/h7-9,11-12,18H,3-6,10H2,1-2H3,(H,17,19). The van der Waals surface area contributed by atoms with E-state index >= 15 is 0 Å². The number of ether oxygens (including phenoxy) is 1. The summed E-state index contributed by atoms with van der Waals surface area (Å²) < 4.78 is 5.08. The predicted molar refractivity (Wildman–Crippen MR) is 78.1 cm³/mol. The van der Waals surface area contributed by atoms with E-state index in [-0.39, 0.29) is 17.2 Å². The molecule has 20 heavy (non-hydrogen) atoms. The molecule has 1 aliphatic rings. The molecular weight excluding hydrogens is 254 g/mol. The quantitative estimate of drug-likeness (QED) is 0.889. The molecule has 1 amide bonds. The third-order valence-electron chi connectivity index (χ3n) is 4.26. The largest absolute Gasteiger partial charge is 0.507 e. The highest BCUT2D eigenvalue weighted by Crippen LogP contribution is 2.29. The number of amides is 1. The van der Waals surface area contributed by atoms with Crippen molar-refractivity contribution in [2.45, 2.75) is 32.6 Å². The Morgan fingerprint density at radius 1 is 1.40 bits per heavy atom. The molecule has 1 fully saturated rings. The molecule has 1 aromatic rings. The Labute approximate surface area is 120 Å². The number of aromatic hydroxyl groups is 1. The molecule has 1 saturated carbocycles. The molecule has 2 N–H and O–H groups in total. The molecule has 110 valence electrons. The number of nitrogens with one attached hydrogen (secondary N) is 1. The summed E-state index contributed by atoms with van der Waals surface area (Å²) in [7, 11) is 1.54. The van der Waals surface area contributed by atoms with Crippen LogP contribution in [0.4, 0.5) is 0 Å². The summed E-state index contributed by atoms with van der Waals surface area (Å²) >= 11 is 0. The lowest BCUT2D eigenvalue weighted by molar-refractivity contribution is 0.0933. The second kappa shape index (κ2) is 6.64. The van der Waals surface area contributed by atoms with Crippen LogP contribution in [0.15, 0.2) is 18.2 Å². The van der Waals surface area contributed by atoms with Gasteiger partial charge in [0.15, 0.2) is 0 Å². The fraction of sp³-hybridized carbons (Fsp3) is 0.562. The maximum atomic E-state index is 12.2. The Hall–Kier alpha value is -1.71. The summed E-state index contributed by atoms with van der Waals surface area (Å²) in [5.41, 5.74) is 0.271. The van der Waals surface area contributed by atoms with Crippen molar-refractivity contribution in [1.82, 2.24) is 5.32 Å². The van der Waals surface area contributed by atoms with Crippen molar-refractivity contribution in [2.24, 2.45) is 11.8 Å². The number of hydrogen-bond acceptors (Lipinski definition) is 3. The van der Waals surface area contributed by atoms with E-state index in [2.05, 4.69) is 12.2 Å². The molecule has 1 aliphatic carbocycles. The Bertz CT molecular complexity index is 473. The molecule has 0 radical (unpaired) electrons. The average Bonchev–Trinajstić information content (AvgIpc) is 2.46. The molecule has 4 heteroatoms. The van der Waals surface area contributed by atoms with Crippen molar-refractivity contribution in [3.63, 3.8) is 0 Å². The Kier molecular flexibility index (Phi) is 4.88. The maximum Gasteiger partial charge on any atom is 0.255 e. The van der Waals surface area contributed by atoms with E-state index in [0.29, 0.717) is 24.1 Å². The van der Waals surface area contributed by atoms with E-state index < -0.39 is 0 Å². The summed E-state index contributed by atoms with van der Waals surface area (Å²) in [6, 6.07) is 4.68. The van der Waals surface area contributed by atoms with Crippen LogP contribution in [-0.4, -0.2) is 24.7 Å². The third kappa shape index (κ3) is 3.44. The molecule has 0 aromatic heterocycles. The van der Waals surface area contributed by atoms with Crippen molar-refractivity contribution in [3.05, 3.63) is 23.8 Å². The van der Waals surface area contributed by atoms with Crippen molar-refractivity contribution in [3.8, 4) is 11.5 Å². The summed E-state index contributed by atoms with van der Waals surface area (Å²) in [6.45, 7) is 2.93. The zero-order chi connectivity index (χ0) is 14.5. The van der Waals surface area contributed by atoms with Gasteiger partial charge in [-0.1, -0.05) is 26.2 Å². The molecule has 0 bridgehead atoms. The number of carbonyl (C=O) groups is 1. The van der Waals surface area contributed by atoms with Gasteiger partial charge in [-0.2, -0.15) is 0 Å². The van der Waals surface area contributed by atoms with Gasteiger partial charge in [-0.25, -0.2) is 0 Å². The molecule has 0 heterocycles. The molecule has 4 nitrogen and oxygen atoms in total. The predicted octanol–water partition coefficient (Wildman–Crippen LogP) is 2.96. The van der Waals surface area contributed by atoms with Crippen molar-refractivity contribution in [2.75, 3.05) is 13.7 Å². The van der Waals surface area contributed by atoms with Gasteiger partial charge in [-0.05, 0) is 36.5 Å². The van der Waals surface area contributed by atoms with Gasteiger partial charge in [0.05, 0.1) is 12.7 Å². The second-order valence-corrected chi connectivity index (χ2v) is 5.61. The van der Waals surface area contributed by atoms with E-state index in [9.17, 15) is 9.90 Å². The topological polar surface area (TPSA) is 58.6 Å². The fourth-order valence-corrected chi connectivity index (χ4v) is 2.84. The first-order chi connectivity index (χ1) is 9.61. The minimum absolute atomic E-state index is 0.0139. The van der Waals surface area contributed by atoms with Gasteiger partial charge in [0.25, 0.3) is 5.91 Å². The second-order valence-electron chi connectivity index (χ2n) is 5.61. The van der Waals surface area contributed by atoms with Crippen molar-refractivity contribution < 1.29 is 14.6 Å². The molecule has 0 aliphatic heterocycles. The molecule has 2 atom stereocenters. The van der Waals surface area contributed by atoms with E-state index in [1.807, 2.05) is 0 Å². The smallest absolute Gasteiger partial charge is 0.255 e. The number of rotatable bonds is 4. The number of carbonyl (C=O) groups excluding carboxylic acids is 1. The van der Waals surface area contributed by atoms with Gasteiger partial charge >= 0.3 is 0 Å². The van der Waals surface area contributed by atoms with Gasteiger partial charge in [-0.3, -0.25) is 4.79 Å². The zero-order valence-electron chi connectivity index (χ0n) is 12.2. The van der Waals surface area contributed by atoms with Gasteiger partial charge in [0, 0.05) is 6.54 Å².